The van der Waals surface area contributed by atoms with E-state index in [9.17, 15) is 14.4 Å². The van der Waals surface area contributed by atoms with Gasteiger partial charge in [0.25, 0.3) is 0 Å². The van der Waals surface area contributed by atoms with E-state index in [0.717, 1.165) is 16.6 Å². The number of benzene rings is 3. The second kappa shape index (κ2) is 12.2. The van der Waals surface area contributed by atoms with E-state index in [1.54, 1.807) is 64.5 Å². The molecule has 0 radical (unpaired) electrons. The molecule has 1 aliphatic rings. The summed E-state index contributed by atoms with van der Waals surface area (Å²) in [5.74, 6) is -0.737. The highest BCUT2D eigenvalue weighted by atomic mass is 35.5. The summed E-state index contributed by atoms with van der Waals surface area (Å²) in [4.78, 5) is 50.0. The summed E-state index contributed by atoms with van der Waals surface area (Å²) in [5, 5.41) is 3.82. The number of carbonyl (C=O) groups excluding carboxylic acids is 3. The number of hydrogen-bond acceptors (Lipinski definition) is 5. The Balaban J connectivity index is 1.25. The van der Waals surface area contributed by atoms with Crippen LogP contribution in [0.3, 0.4) is 0 Å². The SMILES string of the molecule is CC(=O)c1cn(CC(=O)N2CC(C)CC2C(=O)Nc2cccc(-c3ccccc3Cl)c2F)c2ccc(-c3cnc(C)nc3)cc12. The number of anilines is 1. The van der Waals surface area contributed by atoms with Gasteiger partial charge in [0.15, 0.2) is 11.6 Å². The molecular formula is C35H31ClFN5O3. The van der Waals surface area contributed by atoms with Crippen LogP contribution in [0.5, 0.6) is 0 Å². The molecule has 1 fully saturated rings. The van der Waals surface area contributed by atoms with Crippen LogP contribution in [0.25, 0.3) is 33.2 Å². The fourth-order valence-corrected chi connectivity index (χ4v) is 6.21. The Labute approximate surface area is 264 Å². The number of likely N-dealkylation sites (tertiary alicyclic amines) is 1. The Morgan fingerprint density at radius 1 is 1.00 bits per heavy atom. The fraction of sp³-hybridized carbons (Fsp3) is 0.229. The number of ketones is 1. The van der Waals surface area contributed by atoms with Gasteiger partial charge in [0, 0.05) is 63.3 Å². The van der Waals surface area contributed by atoms with Crippen molar-refractivity contribution < 1.29 is 18.8 Å². The maximum atomic E-state index is 15.6. The molecule has 1 aliphatic heterocycles. The van der Waals surface area contributed by atoms with Crippen molar-refractivity contribution in [3.63, 3.8) is 0 Å². The van der Waals surface area contributed by atoms with Crippen LogP contribution in [-0.2, 0) is 16.1 Å². The molecule has 10 heteroatoms. The summed E-state index contributed by atoms with van der Waals surface area (Å²) in [6, 6.07) is 16.6. The van der Waals surface area contributed by atoms with Crippen molar-refractivity contribution in [2.75, 3.05) is 11.9 Å². The molecule has 0 bridgehead atoms. The van der Waals surface area contributed by atoms with Gasteiger partial charge in [-0.2, -0.15) is 0 Å². The van der Waals surface area contributed by atoms with Gasteiger partial charge in [-0.25, -0.2) is 14.4 Å². The molecule has 3 aromatic carbocycles. The smallest absolute Gasteiger partial charge is 0.247 e. The lowest BCUT2D eigenvalue weighted by Crippen LogP contribution is -2.44. The van der Waals surface area contributed by atoms with E-state index in [1.165, 1.54) is 13.0 Å². The molecule has 2 amide bonds. The van der Waals surface area contributed by atoms with Crippen LogP contribution in [0.15, 0.2) is 79.3 Å². The average Bonchev–Trinajstić information content (AvgIpc) is 3.59. The lowest BCUT2D eigenvalue weighted by Gasteiger charge is -2.24. The number of hydrogen-bond donors (Lipinski definition) is 1. The summed E-state index contributed by atoms with van der Waals surface area (Å²) in [6.45, 7) is 5.59. The molecule has 0 spiro atoms. The van der Waals surface area contributed by atoms with E-state index in [1.807, 2.05) is 32.0 Å². The van der Waals surface area contributed by atoms with E-state index in [0.29, 0.717) is 40.3 Å². The van der Waals surface area contributed by atoms with E-state index in [4.69, 9.17) is 11.6 Å². The second-order valence-corrected chi connectivity index (χ2v) is 11.9. The van der Waals surface area contributed by atoms with Crippen molar-refractivity contribution in [2.24, 2.45) is 5.92 Å². The van der Waals surface area contributed by atoms with Crippen LogP contribution in [0.2, 0.25) is 5.02 Å². The Morgan fingerprint density at radius 2 is 1.73 bits per heavy atom. The zero-order chi connectivity index (χ0) is 31.8. The molecule has 6 rings (SSSR count). The van der Waals surface area contributed by atoms with Crippen LogP contribution in [0.4, 0.5) is 10.1 Å². The number of aryl methyl sites for hydroxylation is 1. The Hall–Kier alpha value is -4.89. The molecule has 2 unspecified atom stereocenters. The monoisotopic (exact) mass is 623 g/mol. The number of rotatable bonds is 7. The lowest BCUT2D eigenvalue weighted by molar-refractivity contribution is -0.137. The first-order valence-corrected chi connectivity index (χ1v) is 15.0. The maximum Gasteiger partial charge on any atom is 0.247 e. The van der Waals surface area contributed by atoms with E-state index >= 15 is 4.39 Å². The molecule has 2 atom stereocenters. The molecule has 1 saturated heterocycles. The molecular weight excluding hydrogens is 593 g/mol. The third-order valence-electron chi connectivity index (χ3n) is 8.23. The molecule has 8 nitrogen and oxygen atoms in total. The molecule has 3 heterocycles. The van der Waals surface area contributed by atoms with Crippen molar-refractivity contribution in [2.45, 2.75) is 39.8 Å². The third-order valence-corrected chi connectivity index (χ3v) is 8.56. The molecule has 228 valence electrons. The fourth-order valence-electron chi connectivity index (χ4n) is 5.97. The van der Waals surface area contributed by atoms with Crippen molar-refractivity contribution in [1.82, 2.24) is 19.4 Å². The molecule has 1 N–H and O–H groups in total. The number of Topliss-reactive ketones (excluding diaryl/α,β-unsaturated/α-hetero) is 1. The first-order chi connectivity index (χ1) is 21.6. The van der Waals surface area contributed by atoms with Gasteiger partial charge in [-0.05, 0) is 56.0 Å². The van der Waals surface area contributed by atoms with Gasteiger partial charge in [0.1, 0.15) is 18.4 Å². The van der Waals surface area contributed by atoms with Gasteiger partial charge in [0.2, 0.25) is 11.8 Å². The van der Waals surface area contributed by atoms with E-state index in [2.05, 4.69) is 15.3 Å². The third kappa shape index (κ3) is 5.95. The number of nitrogens with zero attached hydrogens (tertiary/aromatic N) is 4. The molecule has 0 saturated carbocycles. The molecule has 2 aromatic heterocycles. The normalized spacial score (nSPS) is 16.2. The van der Waals surface area contributed by atoms with Crippen LogP contribution in [0, 0.1) is 18.7 Å². The van der Waals surface area contributed by atoms with E-state index in [-0.39, 0.29) is 35.4 Å². The number of carbonyl (C=O) groups is 3. The van der Waals surface area contributed by atoms with Crippen LogP contribution in [0.1, 0.15) is 36.5 Å². The number of halogens is 2. The highest BCUT2D eigenvalue weighted by Crippen LogP contribution is 2.34. The largest absolute Gasteiger partial charge is 0.337 e. The van der Waals surface area contributed by atoms with Gasteiger partial charge in [-0.15, -0.1) is 0 Å². The standard InChI is InChI=1S/C35H31ClFN5O3/c1-20-13-32(35(45)40-30-10-6-8-26(34(30)37)25-7-4-5-9-29(25)36)42(17-20)33(44)19-41-18-28(21(2)43)27-14-23(11-12-31(27)41)24-15-38-22(3)39-16-24/h4-12,14-16,18,20,32H,13,17,19H2,1-3H3,(H,40,45). The van der Waals surface area contributed by atoms with Crippen molar-refractivity contribution in [3.8, 4) is 22.3 Å². The predicted octanol–water partition coefficient (Wildman–Crippen LogP) is 6.94. The summed E-state index contributed by atoms with van der Waals surface area (Å²) in [7, 11) is 0. The van der Waals surface area contributed by atoms with Crippen molar-refractivity contribution in [1.29, 1.82) is 0 Å². The highest BCUT2D eigenvalue weighted by Gasteiger charge is 2.38. The van der Waals surface area contributed by atoms with Gasteiger partial charge >= 0.3 is 0 Å². The number of nitrogens with one attached hydrogen (secondary N) is 1. The van der Waals surface area contributed by atoms with Gasteiger partial charge in [0.05, 0.1) is 5.69 Å². The van der Waals surface area contributed by atoms with Crippen LogP contribution in [-0.4, -0.2) is 49.6 Å². The summed E-state index contributed by atoms with van der Waals surface area (Å²) in [6.07, 6.45) is 5.59. The van der Waals surface area contributed by atoms with Gasteiger partial charge in [-0.1, -0.05) is 54.9 Å². The maximum absolute atomic E-state index is 15.6. The minimum absolute atomic E-state index is 0.0154. The molecule has 45 heavy (non-hydrogen) atoms. The number of fused-ring (bicyclic) bond motifs is 1. The summed E-state index contributed by atoms with van der Waals surface area (Å²) in [5.41, 5.74) is 3.68. The van der Waals surface area contributed by atoms with E-state index < -0.39 is 17.8 Å². The Kier molecular flexibility index (Phi) is 8.20. The number of amides is 2. The quantitative estimate of drug-likeness (QED) is 0.198. The predicted molar refractivity (Wildman–Crippen MR) is 172 cm³/mol. The molecule has 0 aliphatic carbocycles. The van der Waals surface area contributed by atoms with Crippen LogP contribution >= 0.6 is 11.6 Å². The average molecular weight is 624 g/mol. The van der Waals surface area contributed by atoms with Gasteiger partial charge < -0.3 is 14.8 Å². The number of aromatic nitrogens is 3. The second-order valence-electron chi connectivity index (χ2n) is 11.5. The first kappa shape index (κ1) is 30.1. The molecule has 5 aromatic rings. The highest BCUT2D eigenvalue weighted by molar-refractivity contribution is 6.33. The lowest BCUT2D eigenvalue weighted by atomic mass is 10.0. The van der Waals surface area contributed by atoms with Crippen molar-refractivity contribution in [3.05, 3.63) is 101 Å². The van der Waals surface area contributed by atoms with Crippen LogP contribution < -0.4 is 5.32 Å². The first-order valence-electron chi connectivity index (χ1n) is 14.7. The minimum Gasteiger partial charge on any atom is -0.337 e. The zero-order valence-corrected chi connectivity index (χ0v) is 25.8. The summed E-state index contributed by atoms with van der Waals surface area (Å²) < 4.78 is 17.3. The minimum atomic E-state index is -0.780. The summed E-state index contributed by atoms with van der Waals surface area (Å²) >= 11 is 6.30. The van der Waals surface area contributed by atoms with Crippen molar-refractivity contribution >= 4 is 45.8 Å². The Morgan fingerprint density at radius 3 is 2.47 bits per heavy atom. The van der Waals surface area contributed by atoms with Gasteiger partial charge in [-0.3, -0.25) is 14.4 Å². The Bertz CT molecular complexity index is 1960. The topological polar surface area (TPSA) is 97.2 Å². The zero-order valence-electron chi connectivity index (χ0n) is 25.1.